The van der Waals surface area contributed by atoms with Crippen molar-refractivity contribution in [3.63, 3.8) is 0 Å². The number of hydrogen-bond donors (Lipinski definition) is 2. The van der Waals surface area contributed by atoms with E-state index in [4.69, 9.17) is 15.2 Å². The van der Waals surface area contributed by atoms with Crippen LogP contribution in [-0.2, 0) is 4.79 Å². The van der Waals surface area contributed by atoms with Gasteiger partial charge in [-0.15, -0.1) is 0 Å². The van der Waals surface area contributed by atoms with E-state index in [1.54, 1.807) is 12.1 Å². The predicted octanol–water partition coefficient (Wildman–Crippen LogP) is 2.91. The van der Waals surface area contributed by atoms with Gasteiger partial charge in [-0.05, 0) is 6.42 Å². The summed E-state index contributed by atoms with van der Waals surface area (Å²) >= 11 is 0. The third-order valence-corrected chi connectivity index (χ3v) is 3.08. The highest BCUT2D eigenvalue weighted by Gasteiger charge is 2.17. The topological polar surface area (TPSA) is 73.6 Å². The Morgan fingerprint density at radius 3 is 2.74 bits per heavy atom. The lowest BCUT2D eigenvalue weighted by Gasteiger charge is -2.09. The third kappa shape index (κ3) is 3.53. The Balaban J connectivity index is 1.90. The molecule has 0 saturated carbocycles. The van der Waals surface area contributed by atoms with Crippen LogP contribution in [0.3, 0.4) is 0 Å². The molecule has 1 amide bonds. The third-order valence-electron chi connectivity index (χ3n) is 3.08. The van der Waals surface area contributed by atoms with Gasteiger partial charge in [0.15, 0.2) is 11.5 Å². The summed E-state index contributed by atoms with van der Waals surface area (Å²) in [6.45, 7) is 2.34. The molecule has 19 heavy (non-hydrogen) atoms. The van der Waals surface area contributed by atoms with Crippen molar-refractivity contribution in [1.29, 1.82) is 0 Å². The van der Waals surface area contributed by atoms with Crippen molar-refractivity contribution in [2.45, 2.75) is 39.0 Å². The van der Waals surface area contributed by atoms with Gasteiger partial charge in [0.1, 0.15) is 0 Å². The van der Waals surface area contributed by atoms with Crippen LogP contribution in [-0.4, -0.2) is 12.7 Å². The average molecular weight is 264 g/mol. The quantitative estimate of drug-likeness (QED) is 0.612. The van der Waals surface area contributed by atoms with Crippen molar-refractivity contribution < 1.29 is 14.3 Å². The second-order valence-corrected chi connectivity index (χ2v) is 4.65. The van der Waals surface area contributed by atoms with E-state index in [-0.39, 0.29) is 12.7 Å². The summed E-state index contributed by atoms with van der Waals surface area (Å²) < 4.78 is 10.5. The normalized spacial score (nSPS) is 12.5. The number of unbranched alkanes of at least 4 members (excludes halogenated alkanes) is 3. The molecule has 1 aliphatic heterocycles. The molecule has 5 nitrogen and oxygen atoms in total. The Morgan fingerprint density at radius 1 is 1.26 bits per heavy atom. The lowest BCUT2D eigenvalue weighted by molar-refractivity contribution is -0.116. The summed E-state index contributed by atoms with van der Waals surface area (Å²) in [6, 6.07) is 3.39. The molecule has 0 aliphatic carbocycles. The summed E-state index contributed by atoms with van der Waals surface area (Å²) in [6.07, 6.45) is 4.84. The summed E-state index contributed by atoms with van der Waals surface area (Å²) in [5, 5.41) is 2.82. The number of ether oxygens (including phenoxy) is 2. The maximum atomic E-state index is 11.8. The fourth-order valence-corrected chi connectivity index (χ4v) is 1.99. The largest absolute Gasteiger partial charge is 0.454 e. The number of rotatable bonds is 6. The number of amides is 1. The fraction of sp³-hybridized carbons (Fsp3) is 0.500. The van der Waals surface area contributed by atoms with Crippen molar-refractivity contribution in [2.75, 3.05) is 17.8 Å². The summed E-state index contributed by atoms with van der Waals surface area (Å²) in [5.41, 5.74) is 6.95. The molecule has 1 aliphatic rings. The van der Waals surface area contributed by atoms with Crippen LogP contribution in [0.15, 0.2) is 12.1 Å². The predicted molar refractivity (Wildman–Crippen MR) is 74.4 cm³/mol. The zero-order valence-electron chi connectivity index (χ0n) is 11.2. The Hall–Kier alpha value is -1.91. The van der Waals surface area contributed by atoms with E-state index in [1.165, 1.54) is 6.42 Å². The number of benzene rings is 1. The van der Waals surface area contributed by atoms with Crippen molar-refractivity contribution in [2.24, 2.45) is 0 Å². The second kappa shape index (κ2) is 6.31. The summed E-state index contributed by atoms with van der Waals surface area (Å²) in [5.74, 6) is 1.23. The molecule has 1 aromatic rings. The second-order valence-electron chi connectivity index (χ2n) is 4.65. The number of carbonyl (C=O) groups excluding carboxylic acids is 1. The van der Waals surface area contributed by atoms with Crippen LogP contribution in [0.4, 0.5) is 11.4 Å². The SMILES string of the molecule is CCCCCCC(=O)Nc1cc2c(cc1N)OCO2. The smallest absolute Gasteiger partial charge is 0.231 e. The van der Waals surface area contributed by atoms with E-state index >= 15 is 0 Å². The number of hydrogen-bond acceptors (Lipinski definition) is 4. The van der Waals surface area contributed by atoms with Gasteiger partial charge in [0.05, 0.1) is 11.4 Å². The van der Waals surface area contributed by atoms with E-state index in [0.717, 1.165) is 19.3 Å². The number of nitrogen functional groups attached to an aromatic ring is 1. The first-order valence-electron chi connectivity index (χ1n) is 6.69. The molecule has 0 fully saturated rings. The Bertz CT molecular complexity index is 460. The fourth-order valence-electron chi connectivity index (χ4n) is 1.99. The van der Waals surface area contributed by atoms with Crippen LogP contribution in [0.5, 0.6) is 11.5 Å². The lowest BCUT2D eigenvalue weighted by Crippen LogP contribution is -2.12. The maximum absolute atomic E-state index is 11.8. The molecule has 0 atom stereocenters. The molecule has 0 unspecified atom stereocenters. The summed E-state index contributed by atoms with van der Waals surface area (Å²) in [4.78, 5) is 11.8. The monoisotopic (exact) mass is 264 g/mol. The zero-order chi connectivity index (χ0) is 13.7. The molecule has 0 radical (unpaired) electrons. The van der Waals surface area contributed by atoms with E-state index in [1.807, 2.05) is 0 Å². The molecule has 0 bridgehead atoms. The van der Waals surface area contributed by atoms with Gasteiger partial charge in [-0.1, -0.05) is 26.2 Å². The van der Waals surface area contributed by atoms with Crippen LogP contribution >= 0.6 is 0 Å². The van der Waals surface area contributed by atoms with Crippen LogP contribution in [0.1, 0.15) is 39.0 Å². The van der Waals surface area contributed by atoms with E-state index < -0.39 is 0 Å². The average Bonchev–Trinajstić information content (AvgIpc) is 2.82. The zero-order valence-corrected chi connectivity index (χ0v) is 11.2. The van der Waals surface area contributed by atoms with Crippen LogP contribution in [0, 0.1) is 0 Å². The van der Waals surface area contributed by atoms with Crippen molar-refractivity contribution >= 4 is 17.3 Å². The molecule has 104 valence electrons. The molecule has 3 N–H and O–H groups in total. The van der Waals surface area contributed by atoms with Gasteiger partial charge < -0.3 is 20.5 Å². The highest BCUT2D eigenvalue weighted by Crippen LogP contribution is 2.38. The van der Waals surface area contributed by atoms with Gasteiger partial charge in [-0.25, -0.2) is 0 Å². The van der Waals surface area contributed by atoms with Crippen LogP contribution < -0.4 is 20.5 Å². The number of fused-ring (bicyclic) bond motifs is 1. The van der Waals surface area contributed by atoms with E-state index in [9.17, 15) is 4.79 Å². The number of nitrogens with two attached hydrogens (primary N) is 1. The first kappa shape index (κ1) is 13.5. The van der Waals surface area contributed by atoms with Gasteiger partial charge in [-0.3, -0.25) is 4.79 Å². The van der Waals surface area contributed by atoms with Crippen molar-refractivity contribution in [3.05, 3.63) is 12.1 Å². The van der Waals surface area contributed by atoms with Gasteiger partial charge in [0.2, 0.25) is 12.7 Å². The minimum atomic E-state index is -0.0123. The molecular weight excluding hydrogens is 244 g/mol. The van der Waals surface area contributed by atoms with E-state index in [0.29, 0.717) is 29.3 Å². The minimum absolute atomic E-state index is 0.0123. The highest BCUT2D eigenvalue weighted by molar-refractivity contribution is 5.94. The highest BCUT2D eigenvalue weighted by atomic mass is 16.7. The van der Waals surface area contributed by atoms with Gasteiger partial charge in [0, 0.05) is 18.6 Å². The summed E-state index contributed by atoms with van der Waals surface area (Å²) in [7, 11) is 0. The van der Waals surface area contributed by atoms with Gasteiger partial charge in [0.25, 0.3) is 0 Å². The minimum Gasteiger partial charge on any atom is -0.454 e. The van der Waals surface area contributed by atoms with Crippen molar-refractivity contribution in [3.8, 4) is 11.5 Å². The molecule has 0 aromatic heterocycles. The Labute approximate surface area is 113 Å². The Kier molecular flexibility index (Phi) is 4.49. The first-order valence-corrected chi connectivity index (χ1v) is 6.69. The van der Waals surface area contributed by atoms with Crippen LogP contribution in [0.25, 0.3) is 0 Å². The maximum Gasteiger partial charge on any atom is 0.231 e. The molecule has 1 heterocycles. The van der Waals surface area contributed by atoms with Crippen LogP contribution in [0.2, 0.25) is 0 Å². The molecule has 1 aromatic carbocycles. The molecular formula is C14H20N2O3. The molecule has 0 spiro atoms. The number of nitrogens with one attached hydrogen (secondary N) is 1. The van der Waals surface area contributed by atoms with Crippen molar-refractivity contribution in [1.82, 2.24) is 0 Å². The number of anilines is 2. The van der Waals surface area contributed by atoms with E-state index in [2.05, 4.69) is 12.2 Å². The van der Waals surface area contributed by atoms with Gasteiger partial charge in [-0.2, -0.15) is 0 Å². The van der Waals surface area contributed by atoms with Gasteiger partial charge >= 0.3 is 0 Å². The Morgan fingerprint density at radius 2 is 2.00 bits per heavy atom. The molecule has 2 rings (SSSR count). The lowest BCUT2D eigenvalue weighted by atomic mass is 10.1. The molecule has 0 saturated heterocycles. The molecule has 5 heteroatoms. The standard InChI is InChI=1S/C14H20N2O3/c1-2-3-4-5-6-14(17)16-11-8-13-12(7-10(11)15)18-9-19-13/h7-8H,2-6,9,15H2,1H3,(H,16,17). The first-order chi connectivity index (χ1) is 9.20. The number of carbonyl (C=O) groups is 1.